The molecule has 6 heteroatoms. The van der Waals surface area contributed by atoms with E-state index in [1.807, 2.05) is 0 Å². The molecule has 0 unspecified atom stereocenters. The molecule has 0 radical (unpaired) electrons. The summed E-state index contributed by atoms with van der Waals surface area (Å²) in [4.78, 5) is 6.98. The smallest absolute Gasteiger partial charge is 0.214 e. The van der Waals surface area contributed by atoms with Gasteiger partial charge in [-0.25, -0.2) is 13.4 Å². The van der Waals surface area contributed by atoms with Crippen LogP contribution in [0, 0.1) is 5.92 Å². The molecule has 0 bridgehead atoms. The van der Waals surface area contributed by atoms with E-state index in [9.17, 15) is 8.42 Å². The van der Waals surface area contributed by atoms with Crippen molar-refractivity contribution >= 4 is 10.0 Å². The number of nitrogens with zero attached hydrogens (tertiary/aromatic N) is 2. The van der Waals surface area contributed by atoms with Crippen LogP contribution in [-0.4, -0.2) is 35.5 Å². The Bertz CT molecular complexity index is 450. The van der Waals surface area contributed by atoms with Crippen molar-refractivity contribution in [3.05, 3.63) is 18.2 Å². The van der Waals surface area contributed by atoms with E-state index in [0.29, 0.717) is 18.3 Å². The Kier molecular flexibility index (Phi) is 4.40. The lowest BCUT2D eigenvalue weighted by molar-refractivity contribution is 0.373. The quantitative estimate of drug-likeness (QED) is 0.887. The van der Waals surface area contributed by atoms with Crippen LogP contribution in [0.25, 0.3) is 0 Å². The molecule has 102 valence electrons. The maximum absolute atomic E-state index is 12.2. The highest BCUT2D eigenvalue weighted by molar-refractivity contribution is 7.89. The van der Waals surface area contributed by atoms with Crippen LogP contribution in [0.3, 0.4) is 0 Å². The highest BCUT2D eigenvalue weighted by Gasteiger charge is 2.25. The van der Waals surface area contributed by atoms with Gasteiger partial charge in [0.05, 0.1) is 12.3 Å². The molecule has 1 fully saturated rings. The molecule has 1 aliphatic rings. The van der Waals surface area contributed by atoms with Crippen molar-refractivity contribution < 1.29 is 8.42 Å². The molecule has 18 heavy (non-hydrogen) atoms. The Labute approximate surface area is 109 Å². The predicted octanol–water partition coefficient (Wildman–Crippen LogP) is 1.75. The van der Waals surface area contributed by atoms with Gasteiger partial charge in [-0.2, -0.15) is 4.31 Å². The van der Waals surface area contributed by atoms with Gasteiger partial charge in [0.2, 0.25) is 10.0 Å². The van der Waals surface area contributed by atoms with Crippen LogP contribution >= 0.6 is 0 Å². The summed E-state index contributed by atoms with van der Waals surface area (Å²) in [5.41, 5.74) is 0. The first-order valence-electron chi connectivity index (χ1n) is 6.50. The van der Waals surface area contributed by atoms with Gasteiger partial charge in [0.25, 0.3) is 0 Å². The molecule has 0 atom stereocenters. The third-order valence-corrected chi connectivity index (χ3v) is 5.54. The van der Waals surface area contributed by atoms with Crippen LogP contribution in [0.4, 0.5) is 0 Å². The number of nitrogens with one attached hydrogen (secondary N) is 1. The zero-order valence-electron chi connectivity index (χ0n) is 10.8. The fourth-order valence-electron chi connectivity index (χ4n) is 2.47. The van der Waals surface area contributed by atoms with Crippen molar-refractivity contribution in [2.45, 2.75) is 38.6 Å². The summed E-state index contributed by atoms with van der Waals surface area (Å²) < 4.78 is 25.8. The Morgan fingerprint density at radius 2 is 2.11 bits per heavy atom. The van der Waals surface area contributed by atoms with E-state index < -0.39 is 10.0 Å². The number of H-pyrrole nitrogens is 1. The number of rotatable bonds is 5. The fraction of sp³-hybridized carbons (Fsp3) is 0.750. The largest absolute Gasteiger partial charge is 0.347 e. The molecule has 2 rings (SSSR count). The second kappa shape index (κ2) is 5.84. The minimum atomic E-state index is -3.16. The van der Waals surface area contributed by atoms with E-state index in [1.54, 1.807) is 19.4 Å². The summed E-state index contributed by atoms with van der Waals surface area (Å²) in [6, 6.07) is 0. The monoisotopic (exact) mass is 271 g/mol. The molecule has 0 saturated heterocycles. The zero-order valence-corrected chi connectivity index (χ0v) is 11.6. The standard InChI is InChI=1S/C12H21N3O2S/c1-15(9-12-13-7-8-14-12)18(16,17)10-11-5-3-2-4-6-11/h7-8,11H,2-6,9-10H2,1H3,(H,13,14). The summed E-state index contributed by atoms with van der Waals surface area (Å²) >= 11 is 0. The molecule has 1 aromatic rings. The molecule has 1 saturated carbocycles. The highest BCUT2D eigenvalue weighted by atomic mass is 32.2. The third-order valence-electron chi connectivity index (χ3n) is 3.57. The van der Waals surface area contributed by atoms with Crippen LogP contribution in [0.5, 0.6) is 0 Å². The van der Waals surface area contributed by atoms with Gasteiger partial charge in [0, 0.05) is 19.4 Å². The van der Waals surface area contributed by atoms with E-state index >= 15 is 0 Å². The molecule has 1 N–H and O–H groups in total. The summed E-state index contributed by atoms with van der Waals surface area (Å²) in [5, 5.41) is 0. The van der Waals surface area contributed by atoms with Gasteiger partial charge in [-0.05, 0) is 18.8 Å². The predicted molar refractivity (Wildman–Crippen MR) is 70.4 cm³/mol. The van der Waals surface area contributed by atoms with Crippen molar-refractivity contribution in [2.75, 3.05) is 12.8 Å². The van der Waals surface area contributed by atoms with Gasteiger partial charge in [-0.3, -0.25) is 0 Å². The lowest BCUT2D eigenvalue weighted by Gasteiger charge is -2.24. The van der Waals surface area contributed by atoms with Gasteiger partial charge < -0.3 is 4.98 Å². The Hall–Kier alpha value is -0.880. The normalized spacial score (nSPS) is 18.3. The van der Waals surface area contributed by atoms with Crippen LogP contribution in [0.1, 0.15) is 37.9 Å². The van der Waals surface area contributed by atoms with E-state index in [1.165, 1.54) is 23.6 Å². The molecule has 1 aromatic heterocycles. The average Bonchev–Trinajstić information content (AvgIpc) is 2.82. The molecule has 0 aliphatic heterocycles. The second-order valence-corrected chi connectivity index (χ2v) is 7.20. The van der Waals surface area contributed by atoms with E-state index in [2.05, 4.69) is 9.97 Å². The van der Waals surface area contributed by atoms with Crippen molar-refractivity contribution in [1.29, 1.82) is 0 Å². The maximum atomic E-state index is 12.2. The van der Waals surface area contributed by atoms with Crippen molar-refractivity contribution in [2.24, 2.45) is 5.92 Å². The summed E-state index contributed by atoms with van der Waals surface area (Å²) in [6.45, 7) is 0.321. The van der Waals surface area contributed by atoms with E-state index in [-0.39, 0.29) is 5.75 Å². The Balaban J connectivity index is 1.92. The van der Waals surface area contributed by atoms with Crippen LogP contribution < -0.4 is 0 Å². The first-order chi connectivity index (χ1) is 8.58. The zero-order chi connectivity index (χ0) is 13.0. The van der Waals surface area contributed by atoms with Gasteiger partial charge in [-0.1, -0.05) is 19.3 Å². The number of aromatic amines is 1. The van der Waals surface area contributed by atoms with E-state index in [4.69, 9.17) is 0 Å². The van der Waals surface area contributed by atoms with Crippen molar-refractivity contribution in [1.82, 2.24) is 14.3 Å². The van der Waals surface area contributed by atoms with Crippen molar-refractivity contribution in [3.63, 3.8) is 0 Å². The molecular weight excluding hydrogens is 250 g/mol. The van der Waals surface area contributed by atoms with Gasteiger partial charge in [-0.15, -0.1) is 0 Å². The Morgan fingerprint density at radius 3 is 2.72 bits per heavy atom. The van der Waals surface area contributed by atoms with Gasteiger partial charge in [0.15, 0.2) is 0 Å². The van der Waals surface area contributed by atoms with Crippen LogP contribution in [0.15, 0.2) is 12.4 Å². The average molecular weight is 271 g/mol. The highest BCUT2D eigenvalue weighted by Crippen LogP contribution is 2.25. The molecule has 1 aliphatic carbocycles. The topological polar surface area (TPSA) is 66.1 Å². The minimum absolute atomic E-state index is 0.282. The van der Waals surface area contributed by atoms with Crippen LogP contribution in [0.2, 0.25) is 0 Å². The first-order valence-corrected chi connectivity index (χ1v) is 8.11. The fourth-order valence-corrected chi connectivity index (χ4v) is 3.98. The number of aromatic nitrogens is 2. The van der Waals surface area contributed by atoms with Gasteiger partial charge >= 0.3 is 0 Å². The second-order valence-electron chi connectivity index (χ2n) is 5.07. The van der Waals surface area contributed by atoms with E-state index in [0.717, 1.165) is 12.8 Å². The molecule has 0 amide bonds. The number of sulfonamides is 1. The van der Waals surface area contributed by atoms with Crippen molar-refractivity contribution in [3.8, 4) is 0 Å². The lowest BCUT2D eigenvalue weighted by atomic mass is 9.91. The third kappa shape index (κ3) is 3.55. The molecule has 1 heterocycles. The minimum Gasteiger partial charge on any atom is -0.347 e. The summed E-state index contributed by atoms with van der Waals surface area (Å²) in [7, 11) is -1.54. The Morgan fingerprint density at radius 1 is 1.39 bits per heavy atom. The molecule has 0 aromatic carbocycles. The molecular formula is C12H21N3O2S. The SMILES string of the molecule is CN(Cc1ncc[nH]1)S(=O)(=O)CC1CCCCC1. The first kappa shape index (κ1) is 13.5. The summed E-state index contributed by atoms with van der Waals surface area (Å²) in [5.74, 6) is 1.30. The maximum Gasteiger partial charge on any atom is 0.214 e. The van der Waals surface area contributed by atoms with Gasteiger partial charge in [0.1, 0.15) is 5.82 Å². The van der Waals surface area contributed by atoms with Crippen LogP contribution in [-0.2, 0) is 16.6 Å². The number of hydrogen-bond acceptors (Lipinski definition) is 3. The number of hydrogen-bond donors (Lipinski definition) is 1. The molecule has 0 spiro atoms. The molecule has 5 nitrogen and oxygen atoms in total. The summed E-state index contributed by atoms with van der Waals surface area (Å²) in [6.07, 6.45) is 9.03. The number of imidazole rings is 1. The lowest BCUT2D eigenvalue weighted by Crippen LogP contribution is -2.32.